The molecule has 0 aliphatic rings. The van der Waals surface area contributed by atoms with Gasteiger partial charge in [0, 0.05) is 0 Å². The van der Waals surface area contributed by atoms with Gasteiger partial charge in [-0.3, -0.25) is 0 Å². The molecule has 0 unspecified atom stereocenters. The molecular weight excluding hydrogens is 216 g/mol. The van der Waals surface area contributed by atoms with Gasteiger partial charge < -0.3 is 0 Å². The second-order valence-electron chi connectivity index (χ2n) is 1.76. The van der Waals surface area contributed by atoms with E-state index in [2.05, 4.69) is 12.9 Å². The summed E-state index contributed by atoms with van der Waals surface area (Å²) in [5.41, 5.74) is 1.55. The Labute approximate surface area is 68.3 Å². The van der Waals surface area contributed by atoms with Gasteiger partial charge in [0.2, 0.25) is 0 Å². The van der Waals surface area contributed by atoms with Crippen LogP contribution in [-0.4, -0.2) is 27.9 Å². The molecule has 2 aromatic heterocycles. The molecule has 10 heavy (non-hydrogen) atoms. The molecule has 5 heteroatoms. The van der Waals surface area contributed by atoms with Gasteiger partial charge in [-0.15, -0.1) is 0 Å². The molecule has 0 saturated heterocycles. The zero-order valence-electron chi connectivity index (χ0n) is 4.78. The average molecular weight is 219 g/mol. The van der Waals surface area contributed by atoms with Crippen LogP contribution in [0.2, 0.25) is 5.02 Å². The van der Waals surface area contributed by atoms with Crippen LogP contribution in [-0.2, 0) is 0 Å². The fourth-order valence-electron chi connectivity index (χ4n) is 0.662. The van der Waals surface area contributed by atoms with Gasteiger partial charge in [-0.05, 0) is 0 Å². The van der Waals surface area contributed by atoms with E-state index in [0.717, 1.165) is 11.2 Å². The van der Waals surface area contributed by atoms with E-state index in [-0.39, 0.29) is 15.0 Å². The summed E-state index contributed by atoms with van der Waals surface area (Å²) in [7, 11) is 0. The molecule has 0 atom stereocenters. The quantitative estimate of drug-likeness (QED) is 0.612. The molecule has 0 aliphatic heterocycles. The third-order valence-corrected chi connectivity index (χ3v) is 2.41. The first kappa shape index (κ1) is 6.28. The van der Waals surface area contributed by atoms with E-state index >= 15 is 0 Å². The first-order valence-electron chi connectivity index (χ1n) is 2.60. The Morgan fingerprint density at radius 1 is 1.40 bits per heavy atom. The van der Waals surface area contributed by atoms with Gasteiger partial charge >= 0.3 is 68.0 Å². The van der Waals surface area contributed by atoms with Crippen molar-refractivity contribution in [2.24, 2.45) is 0 Å². The van der Waals surface area contributed by atoms with Gasteiger partial charge in [0.15, 0.2) is 0 Å². The third-order valence-electron chi connectivity index (χ3n) is 1.08. The van der Waals surface area contributed by atoms with Crippen LogP contribution in [0, 0.1) is 0 Å². The summed E-state index contributed by atoms with van der Waals surface area (Å²) in [5, 5.41) is 0.621. The second kappa shape index (κ2) is 2.31. The van der Waals surface area contributed by atoms with E-state index in [1.165, 1.54) is 0 Å². The number of aromatic nitrogens is 3. The van der Waals surface area contributed by atoms with Crippen molar-refractivity contribution < 1.29 is 0 Å². The average Bonchev–Trinajstić information content (AvgIpc) is 2.33. The van der Waals surface area contributed by atoms with E-state index in [9.17, 15) is 0 Å². The molecule has 0 fully saturated rings. The molecule has 3 nitrogen and oxygen atoms in total. The van der Waals surface area contributed by atoms with E-state index in [4.69, 9.17) is 11.6 Å². The van der Waals surface area contributed by atoms with E-state index in [0.29, 0.717) is 5.02 Å². The van der Waals surface area contributed by atoms with Crippen LogP contribution in [0.5, 0.6) is 0 Å². The normalized spacial score (nSPS) is 10.5. The van der Waals surface area contributed by atoms with Crippen LogP contribution in [0.4, 0.5) is 0 Å². The van der Waals surface area contributed by atoms with Gasteiger partial charge in [-0.2, -0.15) is 0 Å². The van der Waals surface area contributed by atoms with Crippen molar-refractivity contribution in [3.63, 3.8) is 0 Å². The Balaban J connectivity index is 2.86. The number of nitrogens with zero attached hydrogens (tertiary/aromatic N) is 3. The topological polar surface area (TPSA) is 38.7 Å². The minimum atomic E-state index is 0.0000154. The standard InChI is InChI=1S/C5H2ClN3Se/c6-3-1-4-5(7-2-3)9-10-8-4/h1-2H. The molecule has 0 radical (unpaired) electrons. The molecule has 2 aromatic rings. The third kappa shape index (κ3) is 0.944. The number of pyridine rings is 1. The van der Waals surface area contributed by atoms with Crippen molar-refractivity contribution in [3.8, 4) is 0 Å². The Morgan fingerprint density at radius 3 is 3.20 bits per heavy atom. The number of fused-ring (bicyclic) bond motifs is 1. The van der Waals surface area contributed by atoms with E-state index in [1.54, 1.807) is 12.3 Å². The number of hydrogen-bond donors (Lipinski definition) is 0. The summed E-state index contributed by atoms with van der Waals surface area (Å²) < 4.78 is 8.18. The summed E-state index contributed by atoms with van der Waals surface area (Å²) >= 11 is 5.67. The van der Waals surface area contributed by atoms with Crippen molar-refractivity contribution in [3.05, 3.63) is 17.3 Å². The van der Waals surface area contributed by atoms with Gasteiger partial charge in [-0.1, -0.05) is 0 Å². The van der Waals surface area contributed by atoms with Crippen molar-refractivity contribution in [2.75, 3.05) is 0 Å². The van der Waals surface area contributed by atoms with Crippen LogP contribution in [0.25, 0.3) is 11.2 Å². The minimum absolute atomic E-state index is 0.0000154. The molecule has 2 rings (SSSR count). The van der Waals surface area contributed by atoms with E-state index < -0.39 is 0 Å². The van der Waals surface area contributed by atoms with Crippen LogP contribution < -0.4 is 0 Å². The Morgan fingerprint density at radius 2 is 2.30 bits per heavy atom. The van der Waals surface area contributed by atoms with Crippen LogP contribution in [0.3, 0.4) is 0 Å². The number of halogens is 1. The first-order valence-corrected chi connectivity index (χ1v) is 4.51. The van der Waals surface area contributed by atoms with Crippen molar-refractivity contribution in [1.82, 2.24) is 12.9 Å². The summed E-state index contributed by atoms with van der Waals surface area (Å²) in [6.07, 6.45) is 1.58. The molecule has 0 bridgehead atoms. The molecule has 0 saturated carbocycles. The molecule has 0 aliphatic carbocycles. The van der Waals surface area contributed by atoms with E-state index in [1.807, 2.05) is 0 Å². The summed E-state index contributed by atoms with van der Waals surface area (Å²) in [6.45, 7) is 0. The van der Waals surface area contributed by atoms with Crippen LogP contribution in [0.15, 0.2) is 12.3 Å². The van der Waals surface area contributed by atoms with Crippen molar-refractivity contribution in [1.29, 1.82) is 0 Å². The van der Waals surface area contributed by atoms with Gasteiger partial charge in [0.05, 0.1) is 0 Å². The number of hydrogen-bond acceptors (Lipinski definition) is 3. The summed E-state index contributed by atoms with van der Waals surface area (Å²) in [4.78, 5) is 3.98. The van der Waals surface area contributed by atoms with Crippen LogP contribution in [0.1, 0.15) is 0 Å². The van der Waals surface area contributed by atoms with Gasteiger partial charge in [0.25, 0.3) is 0 Å². The SMILES string of the molecule is Clc1cnc2n[se]nc2c1. The predicted octanol–water partition coefficient (Wildman–Crippen LogP) is 0.735. The fraction of sp³-hybridized carbons (Fsp3) is 0. The second-order valence-corrected chi connectivity index (χ2v) is 3.31. The molecule has 0 aromatic carbocycles. The zero-order valence-corrected chi connectivity index (χ0v) is 7.25. The zero-order chi connectivity index (χ0) is 6.97. The molecule has 0 spiro atoms. The fourth-order valence-corrected chi connectivity index (χ4v) is 1.82. The van der Waals surface area contributed by atoms with Crippen molar-refractivity contribution >= 4 is 37.7 Å². The Kier molecular flexibility index (Phi) is 1.45. The Bertz CT molecular complexity index is 358. The maximum atomic E-state index is 5.67. The molecular formula is C5H2ClN3Se. The maximum absolute atomic E-state index is 5.67. The Hall–Kier alpha value is -0.441. The molecule has 0 N–H and O–H groups in total. The molecule has 2 heterocycles. The summed E-state index contributed by atoms with van der Waals surface area (Å²) in [5.74, 6) is 0. The molecule has 0 amide bonds. The van der Waals surface area contributed by atoms with Crippen LogP contribution >= 0.6 is 11.6 Å². The van der Waals surface area contributed by atoms with Gasteiger partial charge in [0.1, 0.15) is 0 Å². The first-order chi connectivity index (χ1) is 4.86. The molecule has 50 valence electrons. The van der Waals surface area contributed by atoms with Crippen molar-refractivity contribution in [2.45, 2.75) is 0 Å². The van der Waals surface area contributed by atoms with Gasteiger partial charge in [-0.25, -0.2) is 0 Å². The monoisotopic (exact) mass is 219 g/mol. The predicted molar refractivity (Wildman–Crippen MR) is 39.3 cm³/mol. The number of rotatable bonds is 0. The summed E-state index contributed by atoms with van der Waals surface area (Å²) in [6, 6.07) is 1.78.